The van der Waals surface area contributed by atoms with E-state index in [0.717, 1.165) is 39.8 Å². The molecule has 0 spiro atoms. The summed E-state index contributed by atoms with van der Waals surface area (Å²) in [6.07, 6.45) is 8.60. The Labute approximate surface area is 239 Å². The molecule has 1 unspecified atom stereocenters. The number of amides is 2. The van der Waals surface area contributed by atoms with Crippen LogP contribution in [0, 0.1) is 5.92 Å². The summed E-state index contributed by atoms with van der Waals surface area (Å²) < 4.78 is 0. The Balaban J connectivity index is 1.24. The number of nitrogens with zero attached hydrogens (tertiary/aromatic N) is 1. The SMILES string of the molecule is O=C(Cc1cccs1)NC1=CC=C2NC(=O)C(=C(Nc3ccc(CN4CCCCC4)cc3)c3ccccc3)C2C1. The van der Waals surface area contributed by atoms with E-state index >= 15 is 0 Å². The van der Waals surface area contributed by atoms with E-state index in [1.165, 1.54) is 37.9 Å². The Morgan fingerprint density at radius 3 is 2.48 bits per heavy atom. The van der Waals surface area contributed by atoms with E-state index in [-0.39, 0.29) is 17.7 Å². The molecule has 2 saturated heterocycles. The third-order valence-corrected chi connectivity index (χ3v) is 8.62. The van der Waals surface area contributed by atoms with Crippen molar-refractivity contribution in [2.24, 2.45) is 5.92 Å². The summed E-state index contributed by atoms with van der Waals surface area (Å²) in [5.41, 5.74) is 6.35. The van der Waals surface area contributed by atoms with Crippen LogP contribution < -0.4 is 16.0 Å². The van der Waals surface area contributed by atoms with Crippen LogP contribution in [-0.2, 0) is 22.6 Å². The minimum absolute atomic E-state index is 0.0422. The van der Waals surface area contributed by atoms with Gasteiger partial charge in [-0.3, -0.25) is 14.5 Å². The van der Waals surface area contributed by atoms with Gasteiger partial charge in [-0.15, -0.1) is 11.3 Å². The van der Waals surface area contributed by atoms with Crippen molar-refractivity contribution in [2.75, 3.05) is 18.4 Å². The zero-order valence-corrected chi connectivity index (χ0v) is 23.3. The third kappa shape index (κ3) is 6.11. The first-order chi connectivity index (χ1) is 19.6. The van der Waals surface area contributed by atoms with Crippen molar-refractivity contribution in [3.63, 3.8) is 0 Å². The van der Waals surface area contributed by atoms with Crippen molar-refractivity contribution in [3.05, 3.63) is 117 Å². The normalized spacial score (nSPS) is 20.2. The molecule has 1 aliphatic carbocycles. The van der Waals surface area contributed by atoms with Crippen LogP contribution in [-0.4, -0.2) is 29.8 Å². The minimum atomic E-state index is -0.171. The molecule has 6 nitrogen and oxygen atoms in total. The monoisotopic (exact) mass is 550 g/mol. The predicted octanol–water partition coefficient (Wildman–Crippen LogP) is 5.83. The smallest absolute Gasteiger partial charge is 0.254 e. The molecule has 2 aromatic carbocycles. The highest BCUT2D eigenvalue weighted by Crippen LogP contribution is 2.39. The molecule has 1 atom stereocenters. The first-order valence-corrected chi connectivity index (χ1v) is 14.9. The van der Waals surface area contributed by atoms with Crippen LogP contribution in [0.3, 0.4) is 0 Å². The van der Waals surface area contributed by atoms with Gasteiger partial charge in [0.2, 0.25) is 5.91 Å². The van der Waals surface area contributed by atoms with Gasteiger partial charge in [-0.25, -0.2) is 0 Å². The molecule has 0 bridgehead atoms. The summed E-state index contributed by atoms with van der Waals surface area (Å²) in [5.74, 6) is -0.320. The minimum Gasteiger partial charge on any atom is -0.355 e. The molecular weight excluding hydrogens is 516 g/mol. The van der Waals surface area contributed by atoms with Crippen molar-refractivity contribution in [1.82, 2.24) is 15.5 Å². The number of hydrogen-bond acceptors (Lipinski definition) is 5. The Morgan fingerprint density at radius 2 is 1.73 bits per heavy atom. The number of piperidine rings is 1. The zero-order chi connectivity index (χ0) is 27.3. The van der Waals surface area contributed by atoms with Gasteiger partial charge in [0, 0.05) is 40.8 Å². The number of fused-ring (bicyclic) bond motifs is 1. The first-order valence-electron chi connectivity index (χ1n) is 14.0. The first kappa shape index (κ1) is 26.3. The molecule has 1 aromatic heterocycles. The second-order valence-electron chi connectivity index (χ2n) is 10.6. The number of rotatable bonds is 8. The van der Waals surface area contributed by atoms with Crippen LogP contribution in [0.4, 0.5) is 5.69 Å². The van der Waals surface area contributed by atoms with Gasteiger partial charge in [-0.05, 0) is 72.8 Å². The van der Waals surface area contributed by atoms with Crippen molar-refractivity contribution in [3.8, 4) is 0 Å². The molecule has 204 valence electrons. The summed E-state index contributed by atoms with van der Waals surface area (Å²) >= 11 is 1.58. The number of anilines is 1. The summed E-state index contributed by atoms with van der Waals surface area (Å²) in [6, 6.07) is 22.5. The van der Waals surface area contributed by atoms with Gasteiger partial charge >= 0.3 is 0 Å². The maximum atomic E-state index is 13.4. The molecular formula is C33H34N4O2S. The van der Waals surface area contributed by atoms with Gasteiger partial charge in [-0.1, -0.05) is 55.0 Å². The molecule has 2 aliphatic heterocycles. The molecule has 0 radical (unpaired) electrons. The van der Waals surface area contributed by atoms with E-state index in [2.05, 4.69) is 45.1 Å². The summed E-state index contributed by atoms with van der Waals surface area (Å²) in [5, 5.41) is 11.7. The van der Waals surface area contributed by atoms with Crippen molar-refractivity contribution in [2.45, 2.75) is 38.6 Å². The van der Waals surface area contributed by atoms with Gasteiger partial charge < -0.3 is 16.0 Å². The van der Waals surface area contributed by atoms with E-state index in [9.17, 15) is 9.59 Å². The molecule has 3 aromatic rings. The van der Waals surface area contributed by atoms with Crippen LogP contribution in [0.5, 0.6) is 0 Å². The van der Waals surface area contributed by atoms with Gasteiger partial charge in [0.15, 0.2) is 0 Å². The van der Waals surface area contributed by atoms with Crippen LogP contribution in [0.2, 0.25) is 0 Å². The van der Waals surface area contributed by atoms with E-state index in [1.807, 2.05) is 60.0 Å². The highest BCUT2D eigenvalue weighted by Gasteiger charge is 2.38. The highest BCUT2D eigenvalue weighted by atomic mass is 32.1. The fourth-order valence-electron chi connectivity index (χ4n) is 5.74. The predicted molar refractivity (Wildman–Crippen MR) is 161 cm³/mol. The lowest BCUT2D eigenvalue weighted by Crippen LogP contribution is -2.29. The van der Waals surface area contributed by atoms with Crippen LogP contribution in [0.25, 0.3) is 5.70 Å². The van der Waals surface area contributed by atoms with Gasteiger partial charge in [0.25, 0.3) is 5.91 Å². The molecule has 2 amide bonds. The Bertz CT molecular complexity index is 1450. The van der Waals surface area contributed by atoms with Crippen molar-refractivity contribution < 1.29 is 9.59 Å². The van der Waals surface area contributed by atoms with Crippen LogP contribution in [0.1, 0.15) is 41.7 Å². The van der Waals surface area contributed by atoms with Gasteiger partial charge in [0.05, 0.1) is 17.7 Å². The summed E-state index contributed by atoms with van der Waals surface area (Å²) in [6.45, 7) is 3.31. The van der Waals surface area contributed by atoms with E-state index in [0.29, 0.717) is 18.4 Å². The summed E-state index contributed by atoms with van der Waals surface area (Å²) in [4.78, 5) is 29.6. The Hall–Kier alpha value is -3.94. The second kappa shape index (κ2) is 12.1. The van der Waals surface area contributed by atoms with E-state index in [1.54, 1.807) is 11.3 Å². The zero-order valence-electron chi connectivity index (χ0n) is 22.5. The maximum Gasteiger partial charge on any atom is 0.254 e. The molecule has 2 fully saturated rings. The number of thiophene rings is 1. The quantitative estimate of drug-likeness (QED) is 0.309. The largest absolute Gasteiger partial charge is 0.355 e. The molecule has 7 heteroatoms. The molecule has 6 rings (SSSR count). The highest BCUT2D eigenvalue weighted by molar-refractivity contribution is 7.10. The lowest BCUT2D eigenvalue weighted by atomic mass is 9.88. The molecule has 3 heterocycles. The molecule has 40 heavy (non-hydrogen) atoms. The number of carbonyl (C=O) groups excluding carboxylic acids is 2. The molecule has 3 N–H and O–H groups in total. The number of hydrogen-bond donors (Lipinski definition) is 3. The van der Waals surface area contributed by atoms with Crippen LogP contribution >= 0.6 is 11.3 Å². The number of benzene rings is 2. The standard InChI is InChI=1S/C33H34N4O2S/c38-30(21-27-10-7-19-40-27)34-26-15-16-29-28(20-26)31(33(39)36-29)32(24-8-3-1-4-9-24)35-25-13-11-23(12-14-25)22-37-17-5-2-6-18-37/h1,3-4,7-16,19,28,35H,2,5-6,17-18,20-22H2,(H,34,38)(H,36,39). The number of likely N-dealkylation sites (tertiary alicyclic amines) is 1. The lowest BCUT2D eigenvalue weighted by molar-refractivity contribution is -0.119. The fourth-order valence-corrected chi connectivity index (χ4v) is 6.44. The number of allylic oxidation sites excluding steroid dienone is 4. The van der Waals surface area contributed by atoms with Crippen molar-refractivity contribution in [1.29, 1.82) is 0 Å². The third-order valence-electron chi connectivity index (χ3n) is 7.74. The topological polar surface area (TPSA) is 73.5 Å². The average molecular weight is 551 g/mol. The van der Waals surface area contributed by atoms with Crippen molar-refractivity contribution >= 4 is 34.5 Å². The number of carbonyl (C=O) groups is 2. The Kier molecular flexibility index (Phi) is 7.93. The van der Waals surface area contributed by atoms with E-state index < -0.39 is 0 Å². The van der Waals surface area contributed by atoms with E-state index in [4.69, 9.17) is 0 Å². The molecule has 3 aliphatic rings. The lowest BCUT2D eigenvalue weighted by Gasteiger charge is -2.26. The van der Waals surface area contributed by atoms with Gasteiger partial charge in [0.1, 0.15) is 0 Å². The van der Waals surface area contributed by atoms with Crippen LogP contribution in [0.15, 0.2) is 101 Å². The molecule has 0 saturated carbocycles. The summed E-state index contributed by atoms with van der Waals surface area (Å²) in [7, 11) is 0. The average Bonchev–Trinajstić information content (AvgIpc) is 3.60. The maximum absolute atomic E-state index is 13.4. The van der Waals surface area contributed by atoms with Gasteiger partial charge in [-0.2, -0.15) is 0 Å². The second-order valence-corrected chi connectivity index (χ2v) is 11.7. The number of nitrogens with one attached hydrogen (secondary N) is 3. The Morgan fingerprint density at radius 1 is 0.925 bits per heavy atom. The fraction of sp³-hybridized carbons (Fsp3) is 0.273.